The predicted octanol–water partition coefficient (Wildman–Crippen LogP) is 3.74. The molecule has 25 heavy (non-hydrogen) atoms. The molecule has 0 bridgehead atoms. The first kappa shape index (κ1) is 21.8. The number of ketones is 1. The number of hydrogen-bond donors (Lipinski definition) is 2. The van der Waals surface area contributed by atoms with Gasteiger partial charge in [0.1, 0.15) is 5.78 Å². The Hall–Kier alpha value is -1.20. The fraction of sp³-hybridized carbons (Fsp3) is 0.800. The summed E-state index contributed by atoms with van der Waals surface area (Å²) in [6, 6.07) is 0. The van der Waals surface area contributed by atoms with Gasteiger partial charge in [0, 0.05) is 38.4 Å². The molecule has 0 spiro atoms. The van der Waals surface area contributed by atoms with Crippen LogP contribution < -0.4 is 0 Å². The Morgan fingerprint density at radius 1 is 1.32 bits per heavy atom. The molecule has 1 aliphatic rings. The van der Waals surface area contributed by atoms with Gasteiger partial charge in [0.25, 0.3) is 0 Å². The zero-order chi connectivity index (χ0) is 18.7. The highest BCUT2D eigenvalue weighted by Crippen LogP contribution is 2.34. The third kappa shape index (κ3) is 9.17. The monoisotopic (exact) mass is 354 g/mol. The lowest BCUT2D eigenvalue weighted by Gasteiger charge is -2.21. The summed E-state index contributed by atoms with van der Waals surface area (Å²) in [4.78, 5) is 22.6. The van der Waals surface area contributed by atoms with E-state index in [1.807, 2.05) is 19.1 Å². The summed E-state index contributed by atoms with van der Waals surface area (Å²) < 4.78 is 5.29. The second kappa shape index (κ2) is 11.4. The molecule has 5 nitrogen and oxygen atoms in total. The number of rotatable bonds is 13. The Kier molecular flexibility index (Phi) is 9.98. The van der Waals surface area contributed by atoms with Crippen LogP contribution in [-0.4, -0.2) is 40.8 Å². The summed E-state index contributed by atoms with van der Waals surface area (Å²) >= 11 is 0. The van der Waals surface area contributed by atoms with Gasteiger partial charge >= 0.3 is 5.97 Å². The third-order valence-corrected chi connectivity index (χ3v) is 4.97. The van der Waals surface area contributed by atoms with Crippen LogP contribution in [0.15, 0.2) is 12.2 Å². The summed E-state index contributed by atoms with van der Waals surface area (Å²) in [5, 5.41) is 19.0. The highest BCUT2D eigenvalue weighted by Gasteiger charge is 2.32. The highest BCUT2D eigenvalue weighted by molar-refractivity contribution is 5.83. The smallest absolute Gasteiger partial charge is 0.303 e. The summed E-state index contributed by atoms with van der Waals surface area (Å²) in [5.41, 5.74) is -0.901. The van der Waals surface area contributed by atoms with Crippen LogP contribution in [0.3, 0.4) is 0 Å². The lowest BCUT2D eigenvalue weighted by Crippen LogP contribution is -2.24. The molecule has 1 rings (SSSR count). The molecule has 0 aromatic heterocycles. The molecule has 1 aliphatic carbocycles. The lowest BCUT2D eigenvalue weighted by atomic mass is 9.88. The van der Waals surface area contributed by atoms with Crippen molar-refractivity contribution in [3.05, 3.63) is 12.2 Å². The number of ether oxygens (including phenoxy) is 1. The SMILES string of the molecule is CCOCCC(C)(O)/C=C/C1CCC(=O)C1CCCCCCC(=O)O. The van der Waals surface area contributed by atoms with E-state index in [1.165, 1.54) is 0 Å². The molecule has 144 valence electrons. The molecule has 0 aromatic rings. The first-order valence-electron chi connectivity index (χ1n) is 9.59. The van der Waals surface area contributed by atoms with Crippen LogP contribution in [0.5, 0.6) is 0 Å². The minimum absolute atomic E-state index is 0.0541. The molecule has 0 amide bonds. The van der Waals surface area contributed by atoms with Gasteiger partial charge in [-0.25, -0.2) is 0 Å². The van der Waals surface area contributed by atoms with Gasteiger partial charge in [0.05, 0.1) is 5.60 Å². The topological polar surface area (TPSA) is 83.8 Å². The molecule has 1 saturated carbocycles. The Labute approximate surface area is 151 Å². The van der Waals surface area contributed by atoms with Crippen molar-refractivity contribution in [2.24, 2.45) is 11.8 Å². The number of carboxylic acid groups (broad SMARTS) is 1. The normalized spacial score (nSPS) is 23.2. The molecule has 0 saturated heterocycles. The van der Waals surface area contributed by atoms with Crippen molar-refractivity contribution in [2.75, 3.05) is 13.2 Å². The van der Waals surface area contributed by atoms with Crippen LogP contribution in [0.4, 0.5) is 0 Å². The second-order valence-corrected chi connectivity index (χ2v) is 7.29. The van der Waals surface area contributed by atoms with Gasteiger partial charge in [-0.05, 0) is 39.0 Å². The van der Waals surface area contributed by atoms with Crippen molar-refractivity contribution in [3.8, 4) is 0 Å². The van der Waals surface area contributed by atoms with E-state index in [-0.39, 0.29) is 18.3 Å². The van der Waals surface area contributed by atoms with Crippen molar-refractivity contribution in [1.82, 2.24) is 0 Å². The summed E-state index contributed by atoms with van der Waals surface area (Å²) in [5.74, 6) is -0.148. The van der Waals surface area contributed by atoms with Crippen molar-refractivity contribution in [1.29, 1.82) is 0 Å². The van der Waals surface area contributed by atoms with Crippen molar-refractivity contribution >= 4 is 11.8 Å². The molecule has 0 heterocycles. The first-order chi connectivity index (χ1) is 11.9. The Morgan fingerprint density at radius 2 is 2.04 bits per heavy atom. The van der Waals surface area contributed by atoms with Gasteiger partial charge in [0.2, 0.25) is 0 Å². The second-order valence-electron chi connectivity index (χ2n) is 7.29. The maximum atomic E-state index is 12.1. The largest absolute Gasteiger partial charge is 0.481 e. The Morgan fingerprint density at radius 3 is 2.72 bits per heavy atom. The highest BCUT2D eigenvalue weighted by atomic mass is 16.5. The van der Waals surface area contributed by atoms with Gasteiger partial charge in [-0.2, -0.15) is 0 Å². The molecular formula is C20H34O5. The number of carbonyl (C=O) groups is 2. The fourth-order valence-electron chi connectivity index (χ4n) is 3.37. The quantitative estimate of drug-likeness (QED) is 0.389. The third-order valence-electron chi connectivity index (χ3n) is 4.97. The van der Waals surface area contributed by atoms with Gasteiger partial charge in [0.15, 0.2) is 0 Å². The zero-order valence-electron chi connectivity index (χ0n) is 15.7. The standard InChI is InChI=1S/C20H34O5/c1-3-25-15-14-20(2,24)13-12-16-10-11-18(21)17(16)8-6-4-5-7-9-19(22)23/h12-13,16-17,24H,3-11,14-15H2,1-2H3,(H,22,23)/b13-12+. The van der Waals surface area contributed by atoms with Crippen LogP contribution in [-0.2, 0) is 14.3 Å². The van der Waals surface area contributed by atoms with Crippen LogP contribution in [0.25, 0.3) is 0 Å². The molecule has 3 atom stereocenters. The van der Waals surface area contributed by atoms with Gasteiger partial charge in [-0.3, -0.25) is 9.59 Å². The van der Waals surface area contributed by atoms with Gasteiger partial charge < -0.3 is 14.9 Å². The van der Waals surface area contributed by atoms with E-state index < -0.39 is 11.6 Å². The minimum atomic E-state index is -0.901. The maximum absolute atomic E-state index is 12.1. The summed E-state index contributed by atoms with van der Waals surface area (Å²) in [7, 11) is 0. The molecule has 5 heteroatoms. The van der Waals surface area contributed by atoms with E-state index in [4.69, 9.17) is 9.84 Å². The number of hydrogen-bond acceptors (Lipinski definition) is 4. The lowest BCUT2D eigenvalue weighted by molar-refractivity contribution is -0.137. The number of unbranched alkanes of at least 4 members (excludes halogenated alkanes) is 3. The molecule has 1 fully saturated rings. The number of carboxylic acids is 1. The van der Waals surface area contributed by atoms with E-state index in [1.54, 1.807) is 6.92 Å². The Balaban J connectivity index is 2.38. The van der Waals surface area contributed by atoms with E-state index in [0.717, 1.165) is 32.1 Å². The van der Waals surface area contributed by atoms with E-state index in [2.05, 4.69) is 0 Å². The molecular weight excluding hydrogens is 320 g/mol. The van der Waals surface area contributed by atoms with E-state index in [9.17, 15) is 14.7 Å². The fourth-order valence-corrected chi connectivity index (χ4v) is 3.37. The van der Waals surface area contributed by atoms with Crippen LogP contribution in [0.1, 0.15) is 71.6 Å². The van der Waals surface area contributed by atoms with Crippen LogP contribution >= 0.6 is 0 Å². The van der Waals surface area contributed by atoms with Crippen molar-refractivity contribution in [3.63, 3.8) is 0 Å². The summed E-state index contributed by atoms with van der Waals surface area (Å²) in [6.45, 7) is 4.88. The molecule has 0 aromatic carbocycles. The number of Topliss-reactive ketones (excluding diaryl/α,β-unsaturated/α-hetero) is 1. The number of carbonyl (C=O) groups excluding carboxylic acids is 1. The number of allylic oxidation sites excluding steroid dienone is 1. The van der Waals surface area contributed by atoms with Crippen LogP contribution in [0, 0.1) is 11.8 Å². The van der Waals surface area contributed by atoms with Crippen molar-refractivity contribution < 1.29 is 24.5 Å². The van der Waals surface area contributed by atoms with Crippen molar-refractivity contribution in [2.45, 2.75) is 77.2 Å². The number of aliphatic hydroxyl groups is 1. The molecule has 0 radical (unpaired) electrons. The summed E-state index contributed by atoms with van der Waals surface area (Å²) in [6.07, 6.45) is 10.5. The van der Waals surface area contributed by atoms with Crippen LogP contribution in [0.2, 0.25) is 0 Å². The maximum Gasteiger partial charge on any atom is 0.303 e. The average molecular weight is 354 g/mol. The minimum Gasteiger partial charge on any atom is -0.481 e. The zero-order valence-corrected chi connectivity index (χ0v) is 15.7. The predicted molar refractivity (Wildman–Crippen MR) is 97.4 cm³/mol. The van der Waals surface area contributed by atoms with E-state index in [0.29, 0.717) is 38.3 Å². The number of aliphatic carboxylic acids is 1. The molecule has 3 unspecified atom stereocenters. The van der Waals surface area contributed by atoms with Gasteiger partial charge in [-0.1, -0.05) is 31.4 Å². The van der Waals surface area contributed by atoms with Gasteiger partial charge in [-0.15, -0.1) is 0 Å². The van der Waals surface area contributed by atoms with E-state index >= 15 is 0 Å². The molecule has 2 N–H and O–H groups in total. The average Bonchev–Trinajstić information content (AvgIpc) is 2.89. The first-order valence-corrected chi connectivity index (χ1v) is 9.59. The Bertz CT molecular complexity index is 441. The molecule has 0 aliphatic heterocycles.